The zero-order chi connectivity index (χ0) is 21.1. The van der Waals surface area contributed by atoms with Crippen LogP contribution >= 0.6 is 0 Å². The molecule has 162 valence electrons. The molecular formula is C20H32N4O4S. The first kappa shape index (κ1) is 21.8. The quantitative estimate of drug-likeness (QED) is 0.727. The molecule has 0 spiro atoms. The van der Waals surface area contributed by atoms with Crippen molar-refractivity contribution in [2.24, 2.45) is 7.05 Å². The Bertz CT molecular complexity index is 850. The van der Waals surface area contributed by atoms with Crippen molar-refractivity contribution in [3.8, 4) is 0 Å². The summed E-state index contributed by atoms with van der Waals surface area (Å²) in [6.45, 7) is 3.38. The van der Waals surface area contributed by atoms with E-state index in [1.165, 1.54) is 21.1 Å². The van der Waals surface area contributed by atoms with Gasteiger partial charge in [-0.25, -0.2) is 8.42 Å². The minimum Gasteiger partial charge on any atom is -0.354 e. The van der Waals surface area contributed by atoms with Crippen LogP contribution in [0.1, 0.15) is 68.8 Å². The molecular weight excluding hydrogens is 392 g/mol. The van der Waals surface area contributed by atoms with Gasteiger partial charge in [-0.2, -0.15) is 4.31 Å². The maximum Gasteiger partial charge on any atom is 0.268 e. The van der Waals surface area contributed by atoms with E-state index in [2.05, 4.69) is 10.6 Å². The fraction of sp³-hybridized carbons (Fsp3) is 0.700. The second-order valence-electron chi connectivity index (χ2n) is 8.09. The van der Waals surface area contributed by atoms with Crippen molar-refractivity contribution in [1.29, 1.82) is 0 Å². The summed E-state index contributed by atoms with van der Waals surface area (Å²) in [7, 11) is -1.96. The van der Waals surface area contributed by atoms with E-state index in [4.69, 9.17) is 0 Å². The van der Waals surface area contributed by atoms with Crippen molar-refractivity contribution in [3.05, 3.63) is 18.0 Å². The van der Waals surface area contributed by atoms with Crippen LogP contribution in [0.2, 0.25) is 0 Å². The largest absolute Gasteiger partial charge is 0.354 e. The molecule has 0 atom stereocenters. The van der Waals surface area contributed by atoms with Crippen LogP contribution in [0.3, 0.4) is 0 Å². The summed E-state index contributed by atoms with van der Waals surface area (Å²) in [5.41, 5.74) is -0.684. The third-order valence-electron chi connectivity index (χ3n) is 6.00. The number of nitrogens with one attached hydrogen (secondary N) is 2. The lowest BCUT2D eigenvalue weighted by molar-refractivity contribution is -0.128. The van der Waals surface area contributed by atoms with E-state index in [0.29, 0.717) is 32.5 Å². The van der Waals surface area contributed by atoms with Gasteiger partial charge in [0.1, 0.15) is 16.1 Å². The molecule has 0 radical (unpaired) electrons. The lowest BCUT2D eigenvalue weighted by atomic mass is 9.80. The number of carbonyl (C=O) groups is 2. The Kier molecular flexibility index (Phi) is 6.68. The van der Waals surface area contributed by atoms with Crippen LogP contribution in [0.25, 0.3) is 0 Å². The predicted molar refractivity (Wildman–Crippen MR) is 110 cm³/mol. The standard InChI is InChI=1S/C20H32N4O4S/c1-3-21-19(26)20(10-6-4-7-11-20)22-18(25)17-14-16(15-23(17)2)29(27,28)24-12-8-5-9-13-24/h14-15H,3-13H2,1-2H3,(H,21,26)(H,22,25). The third-order valence-corrected chi connectivity index (χ3v) is 7.86. The highest BCUT2D eigenvalue weighted by Crippen LogP contribution is 2.29. The van der Waals surface area contributed by atoms with Gasteiger partial charge in [-0.15, -0.1) is 0 Å². The first-order chi connectivity index (χ1) is 13.8. The van der Waals surface area contributed by atoms with Crippen LogP contribution in [0.5, 0.6) is 0 Å². The Hall–Kier alpha value is -1.87. The van der Waals surface area contributed by atoms with E-state index in [1.807, 2.05) is 6.92 Å². The molecule has 1 aromatic heterocycles. The van der Waals surface area contributed by atoms with Gasteiger partial charge in [-0.1, -0.05) is 25.7 Å². The number of piperidine rings is 1. The molecule has 1 aliphatic carbocycles. The van der Waals surface area contributed by atoms with Gasteiger partial charge in [0.25, 0.3) is 5.91 Å². The molecule has 1 saturated heterocycles. The number of aromatic nitrogens is 1. The molecule has 2 N–H and O–H groups in total. The number of rotatable bonds is 6. The average Bonchev–Trinajstić information content (AvgIpc) is 3.12. The Morgan fingerprint density at radius 1 is 1.07 bits per heavy atom. The van der Waals surface area contributed by atoms with E-state index in [9.17, 15) is 18.0 Å². The van der Waals surface area contributed by atoms with Crippen LogP contribution in [-0.4, -0.2) is 54.3 Å². The Labute approximate surface area is 173 Å². The first-order valence-electron chi connectivity index (χ1n) is 10.6. The number of carbonyl (C=O) groups excluding carboxylic acids is 2. The zero-order valence-electron chi connectivity index (χ0n) is 17.4. The van der Waals surface area contributed by atoms with Crippen LogP contribution in [0.15, 0.2) is 17.2 Å². The number of sulfonamides is 1. The molecule has 0 aromatic carbocycles. The Morgan fingerprint density at radius 3 is 2.31 bits per heavy atom. The molecule has 2 fully saturated rings. The summed E-state index contributed by atoms with van der Waals surface area (Å²) in [5, 5.41) is 5.78. The van der Waals surface area contributed by atoms with Gasteiger partial charge < -0.3 is 15.2 Å². The Balaban J connectivity index is 1.83. The van der Waals surface area contributed by atoms with Gasteiger partial charge >= 0.3 is 0 Å². The van der Waals surface area contributed by atoms with Crippen molar-refractivity contribution in [1.82, 2.24) is 19.5 Å². The number of aryl methyl sites for hydroxylation is 1. The summed E-state index contributed by atoms with van der Waals surface area (Å²) < 4.78 is 28.9. The average molecular weight is 425 g/mol. The van der Waals surface area contributed by atoms with Crippen LogP contribution in [0.4, 0.5) is 0 Å². The smallest absolute Gasteiger partial charge is 0.268 e. The van der Waals surface area contributed by atoms with Crippen molar-refractivity contribution in [2.45, 2.75) is 68.7 Å². The van der Waals surface area contributed by atoms with Gasteiger partial charge in [0.15, 0.2) is 0 Å². The summed E-state index contributed by atoms with van der Waals surface area (Å²) >= 11 is 0. The fourth-order valence-electron chi connectivity index (χ4n) is 4.33. The minimum atomic E-state index is -3.62. The predicted octanol–water partition coefficient (Wildman–Crippen LogP) is 1.77. The summed E-state index contributed by atoms with van der Waals surface area (Å²) in [4.78, 5) is 25.9. The van der Waals surface area contributed by atoms with Crippen LogP contribution < -0.4 is 10.6 Å². The molecule has 0 unspecified atom stereocenters. The monoisotopic (exact) mass is 424 g/mol. The molecule has 9 heteroatoms. The molecule has 3 rings (SSSR count). The van der Waals surface area contributed by atoms with E-state index in [0.717, 1.165) is 38.5 Å². The minimum absolute atomic E-state index is 0.128. The highest BCUT2D eigenvalue weighted by atomic mass is 32.2. The SMILES string of the molecule is CCNC(=O)C1(NC(=O)c2cc(S(=O)(=O)N3CCCCC3)cn2C)CCCCC1. The topological polar surface area (TPSA) is 101 Å². The van der Waals surface area contributed by atoms with Gasteiger partial charge in [-0.05, 0) is 38.7 Å². The Morgan fingerprint density at radius 2 is 1.69 bits per heavy atom. The van der Waals surface area contributed by atoms with E-state index >= 15 is 0 Å². The highest BCUT2D eigenvalue weighted by Gasteiger charge is 2.41. The second kappa shape index (κ2) is 8.87. The van der Waals surface area contributed by atoms with E-state index in [1.54, 1.807) is 7.05 Å². The number of amides is 2. The van der Waals surface area contributed by atoms with Crippen LogP contribution in [0, 0.1) is 0 Å². The zero-order valence-corrected chi connectivity index (χ0v) is 18.2. The lowest BCUT2D eigenvalue weighted by Crippen LogP contribution is -2.59. The maximum atomic E-state index is 13.0. The summed E-state index contributed by atoms with van der Waals surface area (Å²) in [5.74, 6) is -0.579. The maximum absolute atomic E-state index is 13.0. The molecule has 2 aliphatic rings. The van der Waals surface area contributed by atoms with Gasteiger partial charge in [0, 0.05) is 32.9 Å². The second-order valence-corrected chi connectivity index (χ2v) is 10.0. The van der Waals surface area contributed by atoms with Crippen molar-refractivity contribution < 1.29 is 18.0 Å². The normalized spacial score (nSPS) is 20.2. The molecule has 2 amide bonds. The van der Waals surface area contributed by atoms with Gasteiger partial charge in [0.2, 0.25) is 15.9 Å². The van der Waals surface area contributed by atoms with Gasteiger partial charge in [-0.3, -0.25) is 9.59 Å². The number of likely N-dealkylation sites (N-methyl/N-ethyl adjacent to an activating group) is 1. The van der Waals surface area contributed by atoms with Crippen molar-refractivity contribution in [2.75, 3.05) is 19.6 Å². The highest BCUT2D eigenvalue weighted by molar-refractivity contribution is 7.89. The van der Waals surface area contributed by atoms with Crippen molar-refractivity contribution >= 4 is 21.8 Å². The lowest BCUT2D eigenvalue weighted by Gasteiger charge is -2.36. The molecule has 0 bridgehead atoms. The number of hydrogen-bond donors (Lipinski definition) is 2. The summed E-state index contributed by atoms with van der Waals surface area (Å²) in [6, 6.07) is 1.42. The number of nitrogens with zero attached hydrogens (tertiary/aromatic N) is 2. The number of hydrogen-bond acceptors (Lipinski definition) is 4. The molecule has 1 saturated carbocycles. The molecule has 29 heavy (non-hydrogen) atoms. The van der Waals surface area contributed by atoms with Crippen LogP contribution in [-0.2, 0) is 21.9 Å². The third kappa shape index (κ3) is 4.50. The van der Waals surface area contributed by atoms with Gasteiger partial charge in [0.05, 0.1) is 0 Å². The van der Waals surface area contributed by atoms with E-state index in [-0.39, 0.29) is 16.5 Å². The summed E-state index contributed by atoms with van der Waals surface area (Å²) in [6.07, 6.45) is 8.21. The molecule has 1 aliphatic heterocycles. The molecule has 2 heterocycles. The first-order valence-corrected chi connectivity index (χ1v) is 12.0. The fourth-order valence-corrected chi connectivity index (χ4v) is 5.92. The molecule has 8 nitrogen and oxygen atoms in total. The van der Waals surface area contributed by atoms with E-state index < -0.39 is 21.5 Å². The molecule has 1 aromatic rings. The van der Waals surface area contributed by atoms with Crippen molar-refractivity contribution in [3.63, 3.8) is 0 Å².